The zero-order valence-electron chi connectivity index (χ0n) is 6.49. The molecule has 0 saturated carbocycles. The Balaban J connectivity index is 2.61. The van der Waals surface area contributed by atoms with Crippen LogP contribution < -0.4 is 0 Å². The first-order chi connectivity index (χ1) is 4.16. The predicted molar refractivity (Wildman–Crippen MR) is 40.0 cm³/mol. The van der Waals surface area contributed by atoms with E-state index in [1.165, 1.54) is 12.8 Å². The fraction of sp³-hybridized carbons (Fsp3) is 0.778. The maximum absolute atomic E-state index is 3.28. The van der Waals surface area contributed by atoms with Crippen molar-refractivity contribution < 1.29 is 0 Å². The van der Waals surface area contributed by atoms with Crippen LogP contribution in [0.15, 0.2) is 0 Å². The van der Waals surface area contributed by atoms with E-state index in [2.05, 4.69) is 32.6 Å². The van der Waals surface area contributed by atoms with Gasteiger partial charge >= 0.3 is 0 Å². The van der Waals surface area contributed by atoms with Crippen LogP contribution in [-0.2, 0) is 0 Å². The third kappa shape index (κ3) is 1.27. The molecule has 0 N–H and O–H groups in total. The minimum absolute atomic E-state index is 0.347. The van der Waals surface area contributed by atoms with E-state index in [1.54, 1.807) is 0 Å². The summed E-state index contributed by atoms with van der Waals surface area (Å²) in [6, 6.07) is 0. The molecule has 2 unspecified atom stereocenters. The third-order valence-corrected chi connectivity index (χ3v) is 2.16. The standard InChI is InChI=1S/C9H14/c1-4-9(3)6-5-8(2)7-9/h8H,4,7H2,1-3H3. The summed E-state index contributed by atoms with van der Waals surface area (Å²) in [4.78, 5) is 0. The molecule has 0 bridgehead atoms. The van der Waals surface area contributed by atoms with E-state index < -0.39 is 0 Å². The molecule has 1 rings (SSSR count). The Hall–Kier alpha value is -0.440. The Kier molecular flexibility index (Phi) is 1.53. The minimum atomic E-state index is 0.347. The van der Waals surface area contributed by atoms with Crippen LogP contribution in [0, 0.1) is 23.2 Å². The second kappa shape index (κ2) is 2.06. The van der Waals surface area contributed by atoms with Crippen LogP contribution in [0.5, 0.6) is 0 Å². The quantitative estimate of drug-likeness (QED) is 0.469. The summed E-state index contributed by atoms with van der Waals surface area (Å²) in [5.74, 6) is 7.13. The van der Waals surface area contributed by atoms with Crippen molar-refractivity contribution in [3.8, 4) is 11.8 Å². The van der Waals surface area contributed by atoms with Gasteiger partial charge in [-0.1, -0.05) is 25.7 Å². The van der Waals surface area contributed by atoms with E-state index in [0.29, 0.717) is 11.3 Å². The van der Waals surface area contributed by atoms with Crippen LogP contribution >= 0.6 is 0 Å². The highest BCUT2D eigenvalue weighted by Gasteiger charge is 2.25. The van der Waals surface area contributed by atoms with Crippen molar-refractivity contribution in [1.82, 2.24) is 0 Å². The number of hydrogen-bond donors (Lipinski definition) is 0. The first-order valence-corrected chi connectivity index (χ1v) is 3.69. The van der Waals surface area contributed by atoms with Crippen LogP contribution in [0.3, 0.4) is 0 Å². The van der Waals surface area contributed by atoms with Gasteiger partial charge in [0.1, 0.15) is 0 Å². The van der Waals surface area contributed by atoms with E-state index in [0.717, 1.165) is 0 Å². The molecular weight excluding hydrogens is 108 g/mol. The van der Waals surface area contributed by atoms with Crippen molar-refractivity contribution in [2.24, 2.45) is 11.3 Å². The fourth-order valence-electron chi connectivity index (χ4n) is 1.31. The van der Waals surface area contributed by atoms with Gasteiger partial charge in [0.25, 0.3) is 0 Å². The molecule has 1 aliphatic rings. The van der Waals surface area contributed by atoms with Crippen molar-refractivity contribution in [2.45, 2.75) is 33.6 Å². The summed E-state index contributed by atoms with van der Waals surface area (Å²) in [6.07, 6.45) is 2.44. The smallest absolute Gasteiger partial charge is 0.0295 e. The summed E-state index contributed by atoms with van der Waals surface area (Å²) in [5.41, 5.74) is 0.347. The molecule has 0 aromatic rings. The Labute approximate surface area is 57.7 Å². The summed E-state index contributed by atoms with van der Waals surface area (Å²) in [7, 11) is 0. The van der Waals surface area contributed by atoms with E-state index in [-0.39, 0.29) is 0 Å². The van der Waals surface area contributed by atoms with Gasteiger partial charge in [-0.2, -0.15) is 0 Å². The molecule has 1 aliphatic carbocycles. The lowest BCUT2D eigenvalue weighted by molar-refractivity contribution is 0.379. The molecule has 0 heterocycles. The van der Waals surface area contributed by atoms with E-state index >= 15 is 0 Å². The maximum atomic E-state index is 3.28. The summed E-state index contributed by atoms with van der Waals surface area (Å²) >= 11 is 0. The highest BCUT2D eigenvalue weighted by atomic mass is 14.3. The van der Waals surface area contributed by atoms with Gasteiger partial charge in [-0.05, 0) is 19.8 Å². The largest absolute Gasteiger partial charge is 0.0996 e. The molecule has 0 nitrogen and oxygen atoms in total. The summed E-state index contributed by atoms with van der Waals surface area (Å²) in [5, 5.41) is 0. The second-order valence-electron chi connectivity index (χ2n) is 3.29. The van der Waals surface area contributed by atoms with Gasteiger partial charge in [-0.3, -0.25) is 0 Å². The van der Waals surface area contributed by atoms with E-state index in [4.69, 9.17) is 0 Å². The van der Waals surface area contributed by atoms with Gasteiger partial charge in [0.2, 0.25) is 0 Å². The van der Waals surface area contributed by atoms with Gasteiger partial charge in [0.05, 0.1) is 0 Å². The highest BCUT2D eigenvalue weighted by molar-refractivity contribution is 5.19. The topological polar surface area (TPSA) is 0 Å². The van der Waals surface area contributed by atoms with Crippen LogP contribution in [0.25, 0.3) is 0 Å². The zero-order chi connectivity index (χ0) is 6.91. The Morgan fingerprint density at radius 3 is 2.56 bits per heavy atom. The van der Waals surface area contributed by atoms with Crippen LogP contribution in [0.1, 0.15) is 33.6 Å². The molecule has 9 heavy (non-hydrogen) atoms. The lowest BCUT2D eigenvalue weighted by Gasteiger charge is -2.17. The SMILES string of the molecule is CCC1(C)C#CC(C)C1. The lowest BCUT2D eigenvalue weighted by Crippen LogP contribution is -2.10. The van der Waals surface area contributed by atoms with Gasteiger partial charge in [0, 0.05) is 11.3 Å². The molecule has 0 aliphatic heterocycles. The molecule has 0 radical (unpaired) electrons. The number of rotatable bonds is 1. The summed E-state index contributed by atoms with van der Waals surface area (Å²) in [6.45, 7) is 6.67. The van der Waals surface area contributed by atoms with Gasteiger partial charge in [0.15, 0.2) is 0 Å². The van der Waals surface area contributed by atoms with Crippen molar-refractivity contribution >= 4 is 0 Å². The van der Waals surface area contributed by atoms with Crippen LogP contribution in [-0.4, -0.2) is 0 Å². The molecule has 0 aromatic carbocycles. The highest BCUT2D eigenvalue weighted by Crippen LogP contribution is 2.32. The molecule has 0 heteroatoms. The monoisotopic (exact) mass is 122 g/mol. The van der Waals surface area contributed by atoms with Crippen molar-refractivity contribution in [2.75, 3.05) is 0 Å². The lowest BCUT2D eigenvalue weighted by atomic mass is 9.85. The molecular formula is C9H14. The molecule has 2 atom stereocenters. The zero-order valence-corrected chi connectivity index (χ0v) is 6.49. The van der Waals surface area contributed by atoms with Crippen LogP contribution in [0.2, 0.25) is 0 Å². The molecule has 50 valence electrons. The van der Waals surface area contributed by atoms with E-state index in [1.807, 2.05) is 0 Å². The first kappa shape index (κ1) is 6.68. The molecule has 0 saturated heterocycles. The van der Waals surface area contributed by atoms with Gasteiger partial charge < -0.3 is 0 Å². The fourth-order valence-corrected chi connectivity index (χ4v) is 1.31. The van der Waals surface area contributed by atoms with Gasteiger partial charge in [-0.25, -0.2) is 0 Å². The van der Waals surface area contributed by atoms with Gasteiger partial charge in [-0.15, -0.1) is 0 Å². The van der Waals surface area contributed by atoms with Crippen LogP contribution in [0.4, 0.5) is 0 Å². The Morgan fingerprint density at radius 1 is 1.67 bits per heavy atom. The second-order valence-corrected chi connectivity index (χ2v) is 3.29. The molecule has 0 fully saturated rings. The number of hydrogen-bond acceptors (Lipinski definition) is 0. The third-order valence-electron chi connectivity index (χ3n) is 2.16. The van der Waals surface area contributed by atoms with Crippen molar-refractivity contribution in [3.63, 3.8) is 0 Å². The molecule has 0 amide bonds. The maximum Gasteiger partial charge on any atom is 0.0295 e. The Bertz CT molecular complexity index is 159. The first-order valence-electron chi connectivity index (χ1n) is 3.69. The van der Waals surface area contributed by atoms with Crippen molar-refractivity contribution in [3.05, 3.63) is 0 Å². The summed E-state index contributed by atoms with van der Waals surface area (Å²) < 4.78 is 0. The predicted octanol–water partition coefficient (Wildman–Crippen LogP) is 2.45. The van der Waals surface area contributed by atoms with Crippen molar-refractivity contribution in [1.29, 1.82) is 0 Å². The normalized spacial score (nSPS) is 40.1. The minimum Gasteiger partial charge on any atom is -0.0996 e. The van der Waals surface area contributed by atoms with E-state index in [9.17, 15) is 0 Å². The Morgan fingerprint density at radius 2 is 2.33 bits per heavy atom. The molecule has 0 spiro atoms. The average Bonchev–Trinajstić information content (AvgIpc) is 2.13. The molecule has 0 aromatic heterocycles. The average molecular weight is 122 g/mol.